The standard InChI is InChI=1S/C14H19N3O3/c1-10-8-15-17(9-10)6-5-13(18)16-12-4-2-3-11(7-12)14(19)20/h2,4,8-9,11-12H,3,5-7H2,1H3,(H,16,18)(H,19,20)/t11-,12-/m0/s1. The van der Waals surface area contributed by atoms with Crippen LogP contribution in [0.2, 0.25) is 0 Å². The number of carbonyl (C=O) groups is 2. The van der Waals surface area contributed by atoms with Gasteiger partial charge < -0.3 is 10.4 Å². The quantitative estimate of drug-likeness (QED) is 0.790. The van der Waals surface area contributed by atoms with Gasteiger partial charge in [0.1, 0.15) is 0 Å². The Morgan fingerprint density at radius 1 is 1.55 bits per heavy atom. The number of carboxylic acid groups (broad SMARTS) is 1. The van der Waals surface area contributed by atoms with Crippen molar-refractivity contribution in [2.45, 2.75) is 38.8 Å². The van der Waals surface area contributed by atoms with E-state index in [2.05, 4.69) is 10.4 Å². The molecule has 1 aromatic heterocycles. The van der Waals surface area contributed by atoms with E-state index in [1.54, 1.807) is 10.9 Å². The summed E-state index contributed by atoms with van der Waals surface area (Å²) in [6, 6.07) is -0.184. The maximum atomic E-state index is 11.8. The lowest BCUT2D eigenvalue weighted by molar-refractivity contribution is -0.142. The van der Waals surface area contributed by atoms with E-state index in [-0.39, 0.29) is 11.9 Å². The first-order valence-corrected chi connectivity index (χ1v) is 6.72. The molecule has 1 aromatic rings. The summed E-state index contributed by atoms with van der Waals surface area (Å²) in [7, 11) is 0. The maximum Gasteiger partial charge on any atom is 0.306 e. The molecule has 6 heteroatoms. The number of hydrogen-bond donors (Lipinski definition) is 2. The topological polar surface area (TPSA) is 84.2 Å². The van der Waals surface area contributed by atoms with Gasteiger partial charge in [0.2, 0.25) is 5.91 Å². The molecule has 0 spiro atoms. The lowest BCUT2D eigenvalue weighted by Crippen LogP contribution is -2.38. The number of nitrogens with one attached hydrogen (secondary N) is 1. The maximum absolute atomic E-state index is 11.8. The first-order valence-electron chi connectivity index (χ1n) is 6.72. The summed E-state index contributed by atoms with van der Waals surface area (Å²) in [6.07, 6.45) is 8.66. The number of carboxylic acids is 1. The Bertz CT molecular complexity index is 521. The molecule has 0 aromatic carbocycles. The Labute approximate surface area is 117 Å². The van der Waals surface area contributed by atoms with Gasteiger partial charge in [-0.1, -0.05) is 12.2 Å². The Hall–Kier alpha value is -2.11. The van der Waals surface area contributed by atoms with Crippen molar-refractivity contribution in [3.05, 3.63) is 30.1 Å². The molecule has 0 fully saturated rings. The number of carbonyl (C=O) groups excluding carboxylic acids is 1. The summed E-state index contributed by atoms with van der Waals surface area (Å²) in [5.74, 6) is -1.29. The van der Waals surface area contributed by atoms with E-state index in [9.17, 15) is 9.59 Å². The first-order chi connectivity index (χ1) is 9.54. The van der Waals surface area contributed by atoms with E-state index < -0.39 is 11.9 Å². The van der Waals surface area contributed by atoms with Crippen LogP contribution in [0, 0.1) is 12.8 Å². The minimum absolute atomic E-state index is 0.0844. The van der Waals surface area contributed by atoms with Gasteiger partial charge in [0.05, 0.1) is 12.1 Å². The third-order valence-corrected chi connectivity index (χ3v) is 3.35. The summed E-state index contributed by atoms with van der Waals surface area (Å²) in [6.45, 7) is 2.47. The number of aryl methyl sites for hydroxylation is 2. The summed E-state index contributed by atoms with van der Waals surface area (Å²) < 4.78 is 1.73. The normalized spacial score (nSPS) is 21.6. The van der Waals surface area contributed by atoms with Crippen molar-refractivity contribution in [2.75, 3.05) is 0 Å². The molecule has 1 amide bonds. The highest BCUT2D eigenvalue weighted by molar-refractivity contribution is 5.77. The fraction of sp³-hybridized carbons (Fsp3) is 0.500. The van der Waals surface area contributed by atoms with Crippen molar-refractivity contribution in [2.24, 2.45) is 5.92 Å². The molecule has 2 rings (SSSR count). The molecule has 1 aliphatic carbocycles. The van der Waals surface area contributed by atoms with Crippen molar-refractivity contribution in [3.8, 4) is 0 Å². The Balaban J connectivity index is 1.78. The second-order valence-electron chi connectivity index (χ2n) is 5.14. The van der Waals surface area contributed by atoms with Gasteiger partial charge in [-0.15, -0.1) is 0 Å². The Morgan fingerprint density at radius 2 is 2.35 bits per heavy atom. The molecule has 1 aliphatic rings. The zero-order valence-electron chi connectivity index (χ0n) is 11.5. The van der Waals surface area contributed by atoms with Crippen LogP contribution in [0.4, 0.5) is 0 Å². The van der Waals surface area contributed by atoms with Crippen molar-refractivity contribution >= 4 is 11.9 Å². The summed E-state index contributed by atoms with van der Waals surface area (Å²) in [4.78, 5) is 22.8. The van der Waals surface area contributed by atoms with Gasteiger partial charge in [-0.25, -0.2) is 0 Å². The molecule has 0 radical (unpaired) electrons. The largest absolute Gasteiger partial charge is 0.481 e. The third-order valence-electron chi connectivity index (χ3n) is 3.35. The van der Waals surface area contributed by atoms with Gasteiger partial charge in [-0.05, 0) is 25.3 Å². The van der Waals surface area contributed by atoms with E-state index in [0.717, 1.165) is 5.56 Å². The SMILES string of the molecule is Cc1cnn(CCC(=O)N[C@H]2C=CC[C@H](C(=O)O)C2)c1. The molecule has 0 bridgehead atoms. The fourth-order valence-electron chi connectivity index (χ4n) is 2.28. The Kier molecular flexibility index (Phi) is 4.55. The van der Waals surface area contributed by atoms with Gasteiger partial charge in [0.15, 0.2) is 0 Å². The molecular weight excluding hydrogens is 258 g/mol. The second kappa shape index (κ2) is 6.36. The zero-order chi connectivity index (χ0) is 14.5. The molecule has 20 heavy (non-hydrogen) atoms. The molecule has 0 unspecified atom stereocenters. The van der Waals surface area contributed by atoms with E-state index in [1.807, 2.05) is 25.3 Å². The summed E-state index contributed by atoms with van der Waals surface area (Å²) in [5, 5.41) is 16.0. The van der Waals surface area contributed by atoms with Crippen LogP contribution in [0.25, 0.3) is 0 Å². The summed E-state index contributed by atoms with van der Waals surface area (Å²) in [5.41, 5.74) is 1.06. The van der Waals surface area contributed by atoms with Gasteiger partial charge in [-0.2, -0.15) is 5.10 Å². The minimum Gasteiger partial charge on any atom is -0.481 e. The van der Waals surface area contributed by atoms with Crippen molar-refractivity contribution in [1.29, 1.82) is 0 Å². The van der Waals surface area contributed by atoms with Crippen molar-refractivity contribution < 1.29 is 14.7 Å². The molecule has 0 saturated heterocycles. The van der Waals surface area contributed by atoms with Crippen molar-refractivity contribution in [3.63, 3.8) is 0 Å². The number of aromatic nitrogens is 2. The van der Waals surface area contributed by atoms with Gasteiger partial charge in [0.25, 0.3) is 0 Å². The highest BCUT2D eigenvalue weighted by Crippen LogP contribution is 2.18. The lowest BCUT2D eigenvalue weighted by Gasteiger charge is -2.22. The first kappa shape index (κ1) is 14.3. The summed E-state index contributed by atoms with van der Waals surface area (Å²) >= 11 is 0. The number of nitrogens with zero attached hydrogens (tertiary/aromatic N) is 2. The van der Waals surface area contributed by atoms with Crippen LogP contribution in [0.3, 0.4) is 0 Å². The third kappa shape index (κ3) is 3.94. The van der Waals surface area contributed by atoms with Crippen LogP contribution in [0.1, 0.15) is 24.8 Å². The number of aliphatic carboxylic acids is 1. The molecule has 108 valence electrons. The lowest BCUT2D eigenvalue weighted by atomic mass is 9.91. The number of allylic oxidation sites excluding steroid dienone is 1. The van der Waals surface area contributed by atoms with Crippen LogP contribution in [0.5, 0.6) is 0 Å². The minimum atomic E-state index is -0.805. The molecule has 6 nitrogen and oxygen atoms in total. The smallest absolute Gasteiger partial charge is 0.306 e. The van der Waals surface area contributed by atoms with Gasteiger partial charge in [0, 0.05) is 25.2 Å². The van der Waals surface area contributed by atoms with Crippen molar-refractivity contribution in [1.82, 2.24) is 15.1 Å². The zero-order valence-corrected chi connectivity index (χ0v) is 11.5. The van der Waals surface area contributed by atoms with E-state index in [0.29, 0.717) is 25.8 Å². The van der Waals surface area contributed by atoms with Crippen LogP contribution < -0.4 is 5.32 Å². The van der Waals surface area contributed by atoms with Crippen LogP contribution in [-0.4, -0.2) is 32.8 Å². The molecule has 1 heterocycles. The van der Waals surface area contributed by atoms with E-state index in [4.69, 9.17) is 5.11 Å². The molecule has 0 aliphatic heterocycles. The highest BCUT2D eigenvalue weighted by Gasteiger charge is 2.24. The number of hydrogen-bond acceptors (Lipinski definition) is 3. The molecule has 2 atom stereocenters. The van der Waals surface area contributed by atoms with E-state index in [1.165, 1.54) is 0 Å². The molecule has 2 N–H and O–H groups in total. The predicted octanol–water partition coefficient (Wildman–Crippen LogP) is 1.12. The van der Waals surface area contributed by atoms with Gasteiger partial charge in [-0.3, -0.25) is 14.3 Å². The molecular formula is C14H19N3O3. The number of rotatable bonds is 5. The van der Waals surface area contributed by atoms with Gasteiger partial charge >= 0.3 is 5.97 Å². The fourth-order valence-corrected chi connectivity index (χ4v) is 2.28. The second-order valence-corrected chi connectivity index (χ2v) is 5.14. The molecule has 0 saturated carbocycles. The average Bonchev–Trinajstić information content (AvgIpc) is 2.82. The van der Waals surface area contributed by atoms with Crippen LogP contribution >= 0.6 is 0 Å². The monoisotopic (exact) mass is 277 g/mol. The highest BCUT2D eigenvalue weighted by atomic mass is 16.4. The average molecular weight is 277 g/mol. The van der Waals surface area contributed by atoms with Crippen LogP contribution in [-0.2, 0) is 16.1 Å². The van der Waals surface area contributed by atoms with Crippen LogP contribution in [0.15, 0.2) is 24.5 Å². The van der Waals surface area contributed by atoms with E-state index >= 15 is 0 Å². The number of amides is 1. The predicted molar refractivity (Wildman–Crippen MR) is 73.0 cm³/mol. The Morgan fingerprint density at radius 3 is 3.00 bits per heavy atom.